The van der Waals surface area contributed by atoms with Crippen LogP contribution in [0, 0.1) is 0 Å². The van der Waals surface area contributed by atoms with Crippen LogP contribution in [0.2, 0.25) is 0 Å². The van der Waals surface area contributed by atoms with Gasteiger partial charge < -0.3 is 14.2 Å². The van der Waals surface area contributed by atoms with Crippen molar-refractivity contribution in [3.8, 4) is 0 Å². The lowest BCUT2D eigenvalue weighted by Gasteiger charge is -2.27. The number of rotatable bonds is 2. The van der Waals surface area contributed by atoms with E-state index in [2.05, 4.69) is 9.47 Å². The van der Waals surface area contributed by atoms with Gasteiger partial charge in [-0.2, -0.15) is 0 Å². The maximum Gasteiger partial charge on any atom is 0.411 e. The Morgan fingerprint density at radius 1 is 1.20 bits per heavy atom. The van der Waals surface area contributed by atoms with E-state index in [9.17, 15) is 14.4 Å². The lowest BCUT2D eigenvalue weighted by atomic mass is 10.2. The molecule has 1 rings (SSSR count). The van der Waals surface area contributed by atoms with Crippen LogP contribution in [-0.4, -0.2) is 55.3 Å². The summed E-state index contributed by atoms with van der Waals surface area (Å²) >= 11 is 0. The van der Waals surface area contributed by atoms with Crippen molar-refractivity contribution < 1.29 is 28.6 Å². The summed E-state index contributed by atoms with van der Waals surface area (Å²) in [5.41, 5.74) is -0.486. The van der Waals surface area contributed by atoms with Gasteiger partial charge >= 0.3 is 18.0 Å². The van der Waals surface area contributed by atoms with Gasteiger partial charge in [-0.05, 0) is 26.8 Å². The van der Waals surface area contributed by atoms with E-state index >= 15 is 0 Å². The number of esters is 2. The molecule has 0 aromatic carbocycles. The van der Waals surface area contributed by atoms with E-state index in [4.69, 9.17) is 4.74 Å². The van der Waals surface area contributed by atoms with E-state index in [0.29, 0.717) is 0 Å². The van der Waals surface area contributed by atoms with Gasteiger partial charge in [-0.25, -0.2) is 14.4 Å². The molecule has 7 nitrogen and oxygen atoms in total. The topological polar surface area (TPSA) is 82.1 Å². The number of methoxy groups -OCH3 is 2. The molecule has 0 fully saturated rings. The SMILES string of the molecule is COC(=O)C1=C[C@@H](C(=O)OC)N(C(=O)OC(C)(C)C)C1. The molecule has 0 unspecified atom stereocenters. The number of hydrogen-bond donors (Lipinski definition) is 0. The van der Waals surface area contributed by atoms with E-state index in [1.807, 2.05) is 0 Å². The van der Waals surface area contributed by atoms with Gasteiger partial charge in [-0.3, -0.25) is 4.90 Å². The Balaban J connectivity index is 2.93. The summed E-state index contributed by atoms with van der Waals surface area (Å²) in [6.07, 6.45) is 0.657. The standard InChI is InChI=1S/C13H19NO6/c1-13(2,3)20-12(17)14-7-8(10(15)18-4)6-9(14)11(16)19-5/h6,9H,7H2,1-5H3/t9-/m0/s1. The number of carbonyl (C=O) groups excluding carboxylic acids is 3. The van der Waals surface area contributed by atoms with Crippen molar-refractivity contribution in [2.24, 2.45) is 0 Å². The first-order valence-corrected chi connectivity index (χ1v) is 6.06. The first-order valence-electron chi connectivity index (χ1n) is 6.06. The molecule has 0 spiro atoms. The van der Waals surface area contributed by atoms with Gasteiger partial charge in [0.05, 0.1) is 26.3 Å². The highest BCUT2D eigenvalue weighted by Gasteiger charge is 2.39. The summed E-state index contributed by atoms with van der Waals surface area (Å²) in [5.74, 6) is -1.24. The zero-order valence-corrected chi connectivity index (χ0v) is 12.3. The number of carbonyl (C=O) groups is 3. The average Bonchev–Trinajstić information content (AvgIpc) is 2.79. The predicted octanol–water partition coefficient (Wildman–Crippen LogP) is 0.878. The largest absolute Gasteiger partial charge is 0.467 e. The fraction of sp³-hybridized carbons (Fsp3) is 0.615. The van der Waals surface area contributed by atoms with Gasteiger partial charge in [0, 0.05) is 0 Å². The molecule has 1 aliphatic heterocycles. The Morgan fingerprint density at radius 3 is 2.25 bits per heavy atom. The minimum absolute atomic E-state index is 0.0542. The van der Waals surface area contributed by atoms with Gasteiger partial charge in [-0.15, -0.1) is 0 Å². The molecule has 1 atom stereocenters. The number of ether oxygens (including phenoxy) is 3. The molecule has 1 heterocycles. The van der Waals surface area contributed by atoms with Gasteiger partial charge in [-0.1, -0.05) is 0 Å². The highest BCUT2D eigenvalue weighted by molar-refractivity contribution is 5.94. The molecule has 0 N–H and O–H groups in total. The second kappa shape index (κ2) is 5.94. The molecule has 1 amide bonds. The Bertz CT molecular complexity index is 448. The van der Waals surface area contributed by atoms with Crippen molar-refractivity contribution in [3.63, 3.8) is 0 Å². The van der Waals surface area contributed by atoms with Crippen molar-refractivity contribution in [1.29, 1.82) is 0 Å². The fourth-order valence-corrected chi connectivity index (χ4v) is 1.69. The van der Waals surface area contributed by atoms with Crippen LogP contribution in [0.15, 0.2) is 11.6 Å². The lowest BCUT2D eigenvalue weighted by molar-refractivity contribution is -0.144. The Labute approximate surface area is 117 Å². The van der Waals surface area contributed by atoms with Crippen LogP contribution in [0.4, 0.5) is 4.79 Å². The highest BCUT2D eigenvalue weighted by atomic mass is 16.6. The molecule has 0 saturated carbocycles. The third kappa shape index (κ3) is 3.72. The van der Waals surface area contributed by atoms with Crippen LogP contribution < -0.4 is 0 Å². The number of amides is 1. The van der Waals surface area contributed by atoms with Crippen molar-refractivity contribution >= 4 is 18.0 Å². The van der Waals surface area contributed by atoms with Crippen LogP contribution in [0.5, 0.6) is 0 Å². The molecule has 0 saturated heterocycles. The Kier molecular flexibility index (Phi) is 4.75. The number of hydrogen-bond acceptors (Lipinski definition) is 6. The summed E-state index contributed by atoms with van der Waals surface area (Å²) in [4.78, 5) is 36.4. The van der Waals surface area contributed by atoms with E-state index in [1.165, 1.54) is 20.3 Å². The first kappa shape index (κ1) is 16.0. The summed E-state index contributed by atoms with van der Waals surface area (Å²) in [7, 11) is 2.44. The van der Waals surface area contributed by atoms with Crippen molar-refractivity contribution in [3.05, 3.63) is 11.6 Å². The maximum atomic E-state index is 12.1. The van der Waals surface area contributed by atoms with Gasteiger partial charge in [0.25, 0.3) is 0 Å². The molecule has 20 heavy (non-hydrogen) atoms. The summed E-state index contributed by atoms with van der Waals surface area (Å²) in [6.45, 7) is 5.08. The monoisotopic (exact) mass is 285 g/mol. The maximum absolute atomic E-state index is 12.1. The molecule has 0 aromatic rings. The molecule has 0 aromatic heterocycles. The molecular weight excluding hydrogens is 266 g/mol. The van der Waals surface area contributed by atoms with Crippen molar-refractivity contribution in [1.82, 2.24) is 4.90 Å². The van der Waals surface area contributed by atoms with Crippen LogP contribution in [-0.2, 0) is 23.8 Å². The first-order chi connectivity index (χ1) is 9.19. The quantitative estimate of drug-likeness (QED) is 0.553. The molecule has 0 aliphatic carbocycles. The summed E-state index contributed by atoms with van der Waals surface area (Å²) < 4.78 is 14.4. The third-order valence-electron chi connectivity index (χ3n) is 2.55. The van der Waals surface area contributed by atoms with Crippen LogP contribution in [0.1, 0.15) is 20.8 Å². The molecule has 0 bridgehead atoms. The molecular formula is C13H19NO6. The highest BCUT2D eigenvalue weighted by Crippen LogP contribution is 2.21. The van der Waals surface area contributed by atoms with E-state index in [-0.39, 0.29) is 12.1 Å². The van der Waals surface area contributed by atoms with Crippen LogP contribution >= 0.6 is 0 Å². The fourth-order valence-electron chi connectivity index (χ4n) is 1.69. The van der Waals surface area contributed by atoms with Crippen LogP contribution in [0.3, 0.4) is 0 Å². The Morgan fingerprint density at radius 2 is 1.80 bits per heavy atom. The second-order valence-corrected chi connectivity index (χ2v) is 5.26. The van der Waals surface area contributed by atoms with Crippen molar-refractivity contribution in [2.45, 2.75) is 32.4 Å². The predicted molar refractivity (Wildman–Crippen MR) is 68.8 cm³/mol. The summed E-state index contributed by atoms with van der Waals surface area (Å²) in [6, 6.07) is -0.982. The van der Waals surface area contributed by atoms with Crippen LogP contribution in [0.25, 0.3) is 0 Å². The number of nitrogens with zero attached hydrogens (tertiary/aromatic N) is 1. The molecule has 0 radical (unpaired) electrons. The van der Waals surface area contributed by atoms with E-state index in [1.54, 1.807) is 20.8 Å². The van der Waals surface area contributed by atoms with Gasteiger partial charge in [0.15, 0.2) is 6.04 Å². The lowest BCUT2D eigenvalue weighted by Crippen LogP contribution is -2.44. The van der Waals surface area contributed by atoms with Crippen molar-refractivity contribution in [2.75, 3.05) is 20.8 Å². The normalized spacial score (nSPS) is 18.4. The zero-order valence-electron chi connectivity index (χ0n) is 12.3. The molecule has 112 valence electrons. The minimum atomic E-state index is -0.982. The third-order valence-corrected chi connectivity index (χ3v) is 2.55. The van der Waals surface area contributed by atoms with Gasteiger partial charge in [0.2, 0.25) is 0 Å². The minimum Gasteiger partial charge on any atom is -0.467 e. The molecule has 7 heteroatoms. The average molecular weight is 285 g/mol. The Hall–Kier alpha value is -2.05. The second-order valence-electron chi connectivity index (χ2n) is 5.26. The van der Waals surface area contributed by atoms with E-state index in [0.717, 1.165) is 4.90 Å². The van der Waals surface area contributed by atoms with E-state index < -0.39 is 29.7 Å². The molecule has 1 aliphatic rings. The summed E-state index contributed by atoms with van der Waals surface area (Å²) in [5, 5.41) is 0. The smallest absolute Gasteiger partial charge is 0.411 e. The zero-order chi connectivity index (χ0) is 15.5. The van der Waals surface area contributed by atoms with Gasteiger partial charge in [0.1, 0.15) is 5.60 Å².